The lowest BCUT2D eigenvalue weighted by Gasteiger charge is -2.14. The Hall–Kier alpha value is -3.16. The third-order valence-electron chi connectivity index (χ3n) is 4.86. The van der Waals surface area contributed by atoms with Crippen LogP contribution in [0.5, 0.6) is 0 Å². The Kier molecular flexibility index (Phi) is 6.77. The Bertz CT molecular complexity index is 1220. The molecule has 2 N–H and O–H groups in total. The van der Waals surface area contributed by atoms with Gasteiger partial charge in [0.2, 0.25) is 0 Å². The summed E-state index contributed by atoms with van der Waals surface area (Å²) in [4.78, 5) is 12.8. The molecule has 0 aliphatic carbocycles. The van der Waals surface area contributed by atoms with E-state index in [0.29, 0.717) is 23.5 Å². The summed E-state index contributed by atoms with van der Waals surface area (Å²) >= 11 is 0. The zero-order chi connectivity index (χ0) is 22.6. The van der Waals surface area contributed by atoms with Gasteiger partial charge in [0.05, 0.1) is 17.2 Å². The molecular weight excluding hydrogens is 412 g/mol. The van der Waals surface area contributed by atoms with Crippen LogP contribution in [0.25, 0.3) is 0 Å². The molecule has 0 spiro atoms. The van der Waals surface area contributed by atoms with Gasteiger partial charge in [-0.3, -0.25) is 9.52 Å². The molecule has 0 heterocycles. The summed E-state index contributed by atoms with van der Waals surface area (Å²) in [6, 6.07) is 17.4. The van der Waals surface area contributed by atoms with E-state index in [-0.39, 0.29) is 10.5 Å². The van der Waals surface area contributed by atoms with E-state index >= 15 is 0 Å². The highest BCUT2D eigenvalue weighted by Crippen LogP contribution is 2.24. The minimum atomic E-state index is -3.87. The minimum absolute atomic E-state index is 0.0632. The molecule has 0 bridgehead atoms. The molecule has 6 nitrogen and oxygen atoms in total. The molecule has 0 aromatic heterocycles. The van der Waals surface area contributed by atoms with Gasteiger partial charge in [-0.25, -0.2) is 8.42 Å². The zero-order valence-corrected chi connectivity index (χ0v) is 18.8. The molecule has 3 aromatic rings. The van der Waals surface area contributed by atoms with Crippen molar-refractivity contribution in [2.45, 2.75) is 32.3 Å². The second kappa shape index (κ2) is 9.32. The SMILES string of the molecule is COCc1cccc(NC(=O)c2ccc(C)c(S(=O)(=O)Nc3ccc(C)cc3C)c2)c1. The van der Waals surface area contributed by atoms with Crippen LogP contribution in [-0.2, 0) is 21.4 Å². The summed E-state index contributed by atoms with van der Waals surface area (Å²) in [6.45, 7) is 5.93. The van der Waals surface area contributed by atoms with Crippen LogP contribution in [0.1, 0.15) is 32.6 Å². The molecule has 0 aliphatic rings. The number of rotatable bonds is 7. The predicted octanol–water partition coefficient (Wildman–Crippen LogP) is 4.81. The number of benzene rings is 3. The zero-order valence-electron chi connectivity index (χ0n) is 18.0. The quantitative estimate of drug-likeness (QED) is 0.554. The molecule has 3 aromatic carbocycles. The van der Waals surface area contributed by atoms with Crippen molar-refractivity contribution in [2.75, 3.05) is 17.1 Å². The van der Waals surface area contributed by atoms with E-state index in [0.717, 1.165) is 16.7 Å². The molecule has 0 radical (unpaired) electrons. The average Bonchev–Trinajstić information content (AvgIpc) is 2.71. The Morgan fingerprint density at radius 3 is 2.42 bits per heavy atom. The Morgan fingerprint density at radius 2 is 1.71 bits per heavy atom. The first-order valence-corrected chi connectivity index (χ1v) is 11.3. The van der Waals surface area contributed by atoms with Gasteiger partial charge in [-0.15, -0.1) is 0 Å². The Morgan fingerprint density at radius 1 is 0.935 bits per heavy atom. The number of aryl methyl sites for hydroxylation is 3. The summed E-state index contributed by atoms with van der Waals surface area (Å²) < 4.78 is 33.9. The van der Waals surface area contributed by atoms with Gasteiger partial charge in [0, 0.05) is 18.4 Å². The normalized spacial score (nSPS) is 11.2. The van der Waals surface area contributed by atoms with Crippen molar-refractivity contribution >= 4 is 27.3 Å². The van der Waals surface area contributed by atoms with Crippen LogP contribution < -0.4 is 10.0 Å². The maximum atomic E-state index is 13.1. The van der Waals surface area contributed by atoms with Crippen LogP contribution in [0.4, 0.5) is 11.4 Å². The molecule has 0 fully saturated rings. The van der Waals surface area contributed by atoms with Crippen LogP contribution in [0, 0.1) is 20.8 Å². The van der Waals surface area contributed by atoms with Crippen molar-refractivity contribution in [2.24, 2.45) is 0 Å². The van der Waals surface area contributed by atoms with E-state index in [2.05, 4.69) is 10.0 Å². The number of ether oxygens (including phenoxy) is 1. The van der Waals surface area contributed by atoms with Gasteiger partial charge in [0.25, 0.3) is 15.9 Å². The molecule has 0 unspecified atom stereocenters. The smallest absolute Gasteiger partial charge is 0.262 e. The lowest BCUT2D eigenvalue weighted by atomic mass is 10.1. The molecule has 162 valence electrons. The molecule has 3 rings (SSSR count). The lowest BCUT2D eigenvalue weighted by Crippen LogP contribution is -2.17. The van der Waals surface area contributed by atoms with Crippen molar-refractivity contribution in [1.82, 2.24) is 0 Å². The standard InChI is InChI=1S/C24H26N2O4S/c1-16-8-11-22(18(3)12-16)26-31(28,29)23-14-20(10-9-17(23)2)24(27)25-21-7-5-6-19(13-21)15-30-4/h5-14,26H,15H2,1-4H3,(H,25,27). The highest BCUT2D eigenvalue weighted by Gasteiger charge is 2.20. The third kappa shape index (κ3) is 5.51. The Balaban J connectivity index is 1.86. The van der Waals surface area contributed by atoms with Crippen LogP contribution in [-0.4, -0.2) is 21.4 Å². The largest absolute Gasteiger partial charge is 0.380 e. The maximum absolute atomic E-state index is 13.1. The van der Waals surface area contributed by atoms with Crippen LogP contribution in [0.15, 0.2) is 65.6 Å². The van der Waals surface area contributed by atoms with E-state index in [9.17, 15) is 13.2 Å². The summed E-state index contributed by atoms with van der Waals surface area (Å²) in [5, 5.41) is 2.81. The number of sulfonamides is 1. The number of hydrogen-bond acceptors (Lipinski definition) is 4. The summed E-state index contributed by atoms with van der Waals surface area (Å²) in [5.74, 6) is -0.391. The van der Waals surface area contributed by atoms with E-state index < -0.39 is 15.9 Å². The molecule has 0 saturated carbocycles. The highest BCUT2D eigenvalue weighted by atomic mass is 32.2. The number of nitrogens with one attached hydrogen (secondary N) is 2. The van der Waals surface area contributed by atoms with E-state index in [1.807, 2.05) is 44.2 Å². The average molecular weight is 439 g/mol. The van der Waals surface area contributed by atoms with Crippen LogP contribution >= 0.6 is 0 Å². The fourth-order valence-corrected chi connectivity index (χ4v) is 4.67. The maximum Gasteiger partial charge on any atom is 0.262 e. The van der Waals surface area contributed by atoms with Crippen LogP contribution in [0.3, 0.4) is 0 Å². The van der Waals surface area contributed by atoms with Gasteiger partial charge in [-0.2, -0.15) is 0 Å². The van der Waals surface area contributed by atoms with Gasteiger partial charge in [0.1, 0.15) is 0 Å². The fourth-order valence-electron chi connectivity index (χ4n) is 3.27. The van der Waals surface area contributed by atoms with E-state index in [1.54, 1.807) is 38.3 Å². The van der Waals surface area contributed by atoms with Gasteiger partial charge in [0.15, 0.2) is 0 Å². The molecular formula is C24H26N2O4S. The van der Waals surface area contributed by atoms with E-state index in [4.69, 9.17) is 4.74 Å². The number of anilines is 2. The molecule has 7 heteroatoms. The summed E-state index contributed by atoms with van der Waals surface area (Å²) in [7, 11) is -2.27. The summed E-state index contributed by atoms with van der Waals surface area (Å²) in [6.07, 6.45) is 0. The van der Waals surface area contributed by atoms with Gasteiger partial charge in [-0.05, 0) is 67.8 Å². The highest BCUT2D eigenvalue weighted by molar-refractivity contribution is 7.92. The predicted molar refractivity (Wildman–Crippen MR) is 123 cm³/mol. The topological polar surface area (TPSA) is 84.5 Å². The molecule has 0 aliphatic heterocycles. The summed E-state index contributed by atoms with van der Waals surface area (Å²) in [5.41, 5.74) is 4.72. The number of carbonyl (C=O) groups is 1. The Labute approximate surface area is 183 Å². The number of carbonyl (C=O) groups excluding carboxylic acids is 1. The van der Waals surface area contributed by atoms with Gasteiger partial charge >= 0.3 is 0 Å². The second-order valence-electron chi connectivity index (χ2n) is 7.49. The molecule has 31 heavy (non-hydrogen) atoms. The number of amides is 1. The number of hydrogen-bond donors (Lipinski definition) is 2. The van der Waals surface area contributed by atoms with Gasteiger partial charge < -0.3 is 10.1 Å². The fraction of sp³-hybridized carbons (Fsp3) is 0.208. The first-order valence-electron chi connectivity index (χ1n) is 9.79. The van der Waals surface area contributed by atoms with Crippen molar-refractivity contribution in [3.8, 4) is 0 Å². The lowest BCUT2D eigenvalue weighted by molar-refractivity contribution is 0.102. The number of methoxy groups -OCH3 is 1. The van der Waals surface area contributed by atoms with Gasteiger partial charge in [-0.1, -0.05) is 35.9 Å². The van der Waals surface area contributed by atoms with Crippen molar-refractivity contribution in [3.63, 3.8) is 0 Å². The van der Waals surface area contributed by atoms with Crippen LogP contribution in [0.2, 0.25) is 0 Å². The second-order valence-corrected chi connectivity index (χ2v) is 9.14. The third-order valence-corrected chi connectivity index (χ3v) is 6.37. The minimum Gasteiger partial charge on any atom is -0.380 e. The van der Waals surface area contributed by atoms with Crippen molar-refractivity contribution in [1.29, 1.82) is 0 Å². The molecule has 1 amide bonds. The first-order chi connectivity index (χ1) is 14.7. The van der Waals surface area contributed by atoms with Crippen molar-refractivity contribution in [3.05, 3.63) is 88.5 Å². The molecule has 0 saturated heterocycles. The molecule has 0 atom stereocenters. The van der Waals surface area contributed by atoms with E-state index in [1.165, 1.54) is 6.07 Å². The van der Waals surface area contributed by atoms with Crippen molar-refractivity contribution < 1.29 is 17.9 Å². The monoisotopic (exact) mass is 438 g/mol. The first kappa shape index (κ1) is 22.5.